The van der Waals surface area contributed by atoms with Gasteiger partial charge in [0.2, 0.25) is 0 Å². The van der Waals surface area contributed by atoms with Gasteiger partial charge in [-0.15, -0.1) is 0 Å². The van der Waals surface area contributed by atoms with Crippen molar-refractivity contribution < 1.29 is 14.3 Å². The third kappa shape index (κ3) is 3.73. The van der Waals surface area contributed by atoms with Crippen molar-refractivity contribution in [2.75, 3.05) is 26.9 Å². The van der Waals surface area contributed by atoms with E-state index in [9.17, 15) is 4.79 Å². The predicted molar refractivity (Wildman–Crippen MR) is 78.2 cm³/mol. The fourth-order valence-corrected chi connectivity index (χ4v) is 2.62. The molecule has 1 saturated heterocycles. The van der Waals surface area contributed by atoms with Crippen molar-refractivity contribution in [2.45, 2.75) is 26.2 Å². The summed E-state index contributed by atoms with van der Waals surface area (Å²) in [5.41, 5.74) is 1.57. The van der Waals surface area contributed by atoms with Gasteiger partial charge >= 0.3 is 0 Å². The van der Waals surface area contributed by atoms with Crippen molar-refractivity contribution in [2.24, 2.45) is 5.92 Å². The number of amides is 1. The van der Waals surface area contributed by atoms with E-state index < -0.39 is 0 Å². The monoisotopic (exact) mass is 277 g/mol. The lowest BCUT2D eigenvalue weighted by molar-refractivity contribution is 0.0514. The Labute approximate surface area is 120 Å². The Bertz CT molecular complexity index is 453. The van der Waals surface area contributed by atoms with Crippen LogP contribution in [0, 0.1) is 12.8 Å². The number of methoxy groups -OCH3 is 1. The van der Waals surface area contributed by atoms with Crippen LogP contribution in [-0.4, -0.2) is 32.8 Å². The van der Waals surface area contributed by atoms with Gasteiger partial charge < -0.3 is 14.8 Å². The van der Waals surface area contributed by atoms with Gasteiger partial charge in [0.1, 0.15) is 5.75 Å². The van der Waals surface area contributed by atoms with Crippen LogP contribution in [0.1, 0.15) is 35.2 Å². The van der Waals surface area contributed by atoms with Crippen LogP contribution < -0.4 is 10.1 Å². The molecule has 4 heteroatoms. The van der Waals surface area contributed by atoms with E-state index in [1.807, 2.05) is 25.1 Å². The number of ether oxygens (including phenoxy) is 2. The minimum Gasteiger partial charge on any atom is -0.496 e. The van der Waals surface area contributed by atoms with E-state index in [-0.39, 0.29) is 5.91 Å². The Morgan fingerprint density at radius 1 is 1.50 bits per heavy atom. The highest BCUT2D eigenvalue weighted by molar-refractivity contribution is 5.98. The van der Waals surface area contributed by atoms with E-state index in [2.05, 4.69) is 5.32 Å². The lowest BCUT2D eigenvalue weighted by atomic mass is 9.98. The van der Waals surface area contributed by atoms with E-state index in [1.165, 1.54) is 6.42 Å². The summed E-state index contributed by atoms with van der Waals surface area (Å²) in [6.45, 7) is 4.31. The average Bonchev–Trinajstić information content (AvgIpc) is 2.47. The van der Waals surface area contributed by atoms with E-state index in [4.69, 9.17) is 9.47 Å². The van der Waals surface area contributed by atoms with Crippen molar-refractivity contribution in [3.8, 4) is 5.75 Å². The summed E-state index contributed by atoms with van der Waals surface area (Å²) in [7, 11) is 1.59. The number of hydrogen-bond donors (Lipinski definition) is 1. The summed E-state index contributed by atoms with van der Waals surface area (Å²) in [6, 6.07) is 5.63. The molecule has 110 valence electrons. The zero-order valence-electron chi connectivity index (χ0n) is 12.3. The second kappa shape index (κ2) is 7.29. The minimum atomic E-state index is -0.0586. The van der Waals surface area contributed by atoms with E-state index in [0.717, 1.165) is 31.6 Å². The van der Waals surface area contributed by atoms with Crippen LogP contribution in [0.3, 0.4) is 0 Å². The summed E-state index contributed by atoms with van der Waals surface area (Å²) in [5, 5.41) is 2.99. The molecule has 2 rings (SSSR count). The topological polar surface area (TPSA) is 47.6 Å². The first-order valence-electron chi connectivity index (χ1n) is 7.22. The van der Waals surface area contributed by atoms with Gasteiger partial charge in [-0.2, -0.15) is 0 Å². The quantitative estimate of drug-likeness (QED) is 0.899. The Morgan fingerprint density at radius 2 is 2.35 bits per heavy atom. The highest BCUT2D eigenvalue weighted by Crippen LogP contribution is 2.21. The molecule has 1 N–H and O–H groups in total. The highest BCUT2D eigenvalue weighted by atomic mass is 16.5. The molecule has 1 aromatic carbocycles. The first kappa shape index (κ1) is 14.9. The molecule has 0 aromatic heterocycles. The zero-order valence-corrected chi connectivity index (χ0v) is 12.3. The lowest BCUT2D eigenvalue weighted by Gasteiger charge is -2.22. The van der Waals surface area contributed by atoms with Crippen LogP contribution in [0.5, 0.6) is 5.75 Å². The molecule has 1 fully saturated rings. The summed E-state index contributed by atoms with van der Waals surface area (Å²) >= 11 is 0. The first-order valence-corrected chi connectivity index (χ1v) is 7.22. The molecule has 1 aliphatic rings. The number of aryl methyl sites for hydroxylation is 1. The van der Waals surface area contributed by atoms with Gasteiger partial charge in [-0.3, -0.25) is 4.79 Å². The maximum absolute atomic E-state index is 12.3. The normalized spacial score (nSPS) is 18.6. The number of rotatable bonds is 5. The highest BCUT2D eigenvalue weighted by Gasteiger charge is 2.17. The smallest absolute Gasteiger partial charge is 0.255 e. The largest absolute Gasteiger partial charge is 0.496 e. The predicted octanol–water partition coefficient (Wildman–Crippen LogP) is 2.55. The molecule has 1 amide bonds. The number of hydrogen-bond acceptors (Lipinski definition) is 3. The molecule has 20 heavy (non-hydrogen) atoms. The Kier molecular flexibility index (Phi) is 5.41. The summed E-state index contributed by atoms with van der Waals surface area (Å²) in [5.74, 6) is 1.14. The van der Waals surface area contributed by atoms with E-state index in [1.54, 1.807) is 7.11 Å². The number of benzene rings is 1. The van der Waals surface area contributed by atoms with Crippen molar-refractivity contribution in [1.82, 2.24) is 5.32 Å². The standard InChI is InChI=1S/C16H23NO3/c1-12-5-3-7-14(19-2)15(12)16(18)17-9-8-13-6-4-10-20-11-13/h3,5,7,13H,4,6,8-11H2,1-2H3,(H,17,18)/t13-/m1/s1. The van der Waals surface area contributed by atoms with Crippen LogP contribution in [0.4, 0.5) is 0 Å². The van der Waals surface area contributed by atoms with Gasteiger partial charge in [0.05, 0.1) is 12.7 Å². The molecule has 0 aliphatic carbocycles. The summed E-state index contributed by atoms with van der Waals surface area (Å²) in [4.78, 5) is 12.3. The lowest BCUT2D eigenvalue weighted by Crippen LogP contribution is -2.29. The van der Waals surface area contributed by atoms with Gasteiger partial charge in [-0.05, 0) is 43.7 Å². The van der Waals surface area contributed by atoms with Gasteiger partial charge in [-0.25, -0.2) is 0 Å². The molecule has 1 aliphatic heterocycles. The third-order valence-electron chi connectivity index (χ3n) is 3.77. The molecule has 0 spiro atoms. The summed E-state index contributed by atoms with van der Waals surface area (Å²) < 4.78 is 10.7. The van der Waals surface area contributed by atoms with Gasteiger partial charge in [0.25, 0.3) is 5.91 Å². The van der Waals surface area contributed by atoms with Gasteiger partial charge in [0, 0.05) is 19.8 Å². The molecule has 4 nitrogen and oxygen atoms in total. The van der Waals surface area contributed by atoms with Crippen molar-refractivity contribution in [3.05, 3.63) is 29.3 Å². The fraction of sp³-hybridized carbons (Fsp3) is 0.562. The molecule has 0 radical (unpaired) electrons. The van der Waals surface area contributed by atoms with Crippen LogP contribution in [0.2, 0.25) is 0 Å². The number of carbonyl (C=O) groups is 1. The third-order valence-corrected chi connectivity index (χ3v) is 3.77. The Hall–Kier alpha value is -1.55. The number of nitrogens with one attached hydrogen (secondary N) is 1. The van der Waals surface area contributed by atoms with Crippen LogP contribution in [-0.2, 0) is 4.74 Å². The van der Waals surface area contributed by atoms with Crippen molar-refractivity contribution in [1.29, 1.82) is 0 Å². The van der Waals surface area contributed by atoms with Crippen LogP contribution in [0.25, 0.3) is 0 Å². The van der Waals surface area contributed by atoms with Crippen LogP contribution >= 0.6 is 0 Å². The average molecular weight is 277 g/mol. The van der Waals surface area contributed by atoms with E-state index >= 15 is 0 Å². The molecule has 1 atom stereocenters. The zero-order chi connectivity index (χ0) is 14.4. The minimum absolute atomic E-state index is 0.0586. The SMILES string of the molecule is COc1cccc(C)c1C(=O)NCC[C@H]1CCCOC1. The fourth-order valence-electron chi connectivity index (χ4n) is 2.62. The second-order valence-electron chi connectivity index (χ2n) is 5.28. The van der Waals surface area contributed by atoms with Gasteiger partial charge in [0.15, 0.2) is 0 Å². The van der Waals surface area contributed by atoms with E-state index in [0.29, 0.717) is 23.8 Å². The van der Waals surface area contributed by atoms with Crippen molar-refractivity contribution >= 4 is 5.91 Å². The van der Waals surface area contributed by atoms with Crippen molar-refractivity contribution in [3.63, 3.8) is 0 Å². The second-order valence-corrected chi connectivity index (χ2v) is 5.28. The molecule has 0 unspecified atom stereocenters. The van der Waals surface area contributed by atoms with Gasteiger partial charge in [-0.1, -0.05) is 12.1 Å². The maximum atomic E-state index is 12.3. The molecular weight excluding hydrogens is 254 g/mol. The number of carbonyl (C=O) groups excluding carboxylic acids is 1. The molecule has 0 saturated carbocycles. The molecule has 1 heterocycles. The Morgan fingerprint density at radius 3 is 3.05 bits per heavy atom. The molecule has 1 aromatic rings. The maximum Gasteiger partial charge on any atom is 0.255 e. The molecule has 0 bridgehead atoms. The Balaban J connectivity index is 1.88. The van der Waals surface area contributed by atoms with Crippen LogP contribution in [0.15, 0.2) is 18.2 Å². The first-order chi connectivity index (χ1) is 9.72. The summed E-state index contributed by atoms with van der Waals surface area (Å²) in [6.07, 6.45) is 3.30. The molecular formula is C16H23NO3.